The Balaban J connectivity index is 2.59. The number of aliphatic hydroxyl groups excluding tert-OH is 1. The number of alkyl halides is 1. The maximum absolute atomic E-state index is 11.8. The third-order valence-electron chi connectivity index (χ3n) is 2.71. The van der Waals surface area contributed by atoms with Crippen LogP contribution in [0.2, 0.25) is 0 Å². The highest BCUT2D eigenvalue weighted by molar-refractivity contribution is 7.89. The van der Waals surface area contributed by atoms with Crippen LogP contribution < -0.4 is 0 Å². The second kappa shape index (κ2) is 6.03. The molecule has 0 aliphatic carbocycles. The maximum Gasteiger partial charge on any atom is 0.215 e. The highest BCUT2D eigenvalue weighted by atomic mass is 35.5. The molecule has 4 nitrogen and oxygen atoms in total. The molecule has 6 heteroatoms. The molecule has 0 aromatic carbocycles. The van der Waals surface area contributed by atoms with Gasteiger partial charge >= 0.3 is 0 Å². The van der Waals surface area contributed by atoms with Gasteiger partial charge in [-0.1, -0.05) is 0 Å². The fourth-order valence-corrected chi connectivity index (χ4v) is 4.09. The Morgan fingerprint density at radius 3 is 2.80 bits per heavy atom. The normalized spacial score (nSPS) is 23.5. The summed E-state index contributed by atoms with van der Waals surface area (Å²) in [7, 11) is -3.17. The lowest BCUT2D eigenvalue weighted by atomic mass is 10.1. The minimum absolute atomic E-state index is 0.0180. The molecular formula is C9H18ClNO3S. The van der Waals surface area contributed by atoms with Crippen LogP contribution >= 0.6 is 11.6 Å². The highest BCUT2D eigenvalue weighted by Crippen LogP contribution is 2.24. The van der Waals surface area contributed by atoms with Crippen LogP contribution in [0.15, 0.2) is 0 Å². The molecule has 0 spiro atoms. The van der Waals surface area contributed by atoms with Crippen molar-refractivity contribution in [2.45, 2.75) is 31.7 Å². The number of hydrogen-bond acceptors (Lipinski definition) is 3. The van der Waals surface area contributed by atoms with Gasteiger partial charge in [-0.15, -0.1) is 11.6 Å². The first-order valence-electron chi connectivity index (χ1n) is 5.28. The van der Waals surface area contributed by atoms with E-state index in [0.717, 1.165) is 19.3 Å². The molecule has 1 rings (SSSR count). The first-order valence-corrected chi connectivity index (χ1v) is 7.42. The van der Waals surface area contributed by atoms with Gasteiger partial charge in [-0.05, 0) is 25.7 Å². The van der Waals surface area contributed by atoms with Crippen molar-refractivity contribution in [3.63, 3.8) is 0 Å². The van der Waals surface area contributed by atoms with Gasteiger partial charge in [0, 0.05) is 25.1 Å². The zero-order valence-corrected chi connectivity index (χ0v) is 10.3. The van der Waals surface area contributed by atoms with Crippen molar-refractivity contribution in [1.29, 1.82) is 0 Å². The molecule has 0 saturated carbocycles. The van der Waals surface area contributed by atoms with Crippen molar-refractivity contribution in [2.75, 3.05) is 24.8 Å². The predicted molar refractivity (Wildman–Crippen MR) is 60.6 cm³/mol. The van der Waals surface area contributed by atoms with Gasteiger partial charge in [0.25, 0.3) is 0 Å². The van der Waals surface area contributed by atoms with E-state index in [1.165, 1.54) is 0 Å². The van der Waals surface area contributed by atoms with Crippen LogP contribution in [0.25, 0.3) is 0 Å². The first-order chi connectivity index (χ1) is 7.11. The molecule has 1 aliphatic rings. The monoisotopic (exact) mass is 255 g/mol. The van der Waals surface area contributed by atoms with Crippen molar-refractivity contribution >= 4 is 21.6 Å². The first kappa shape index (κ1) is 13.2. The van der Waals surface area contributed by atoms with Crippen LogP contribution in [0.1, 0.15) is 25.7 Å². The second-order valence-corrected chi connectivity index (χ2v) is 6.20. The Labute approximate surface area is 96.3 Å². The van der Waals surface area contributed by atoms with Crippen molar-refractivity contribution in [1.82, 2.24) is 4.31 Å². The van der Waals surface area contributed by atoms with E-state index in [1.54, 1.807) is 4.31 Å². The molecular weight excluding hydrogens is 238 g/mol. The van der Waals surface area contributed by atoms with Crippen molar-refractivity contribution in [2.24, 2.45) is 0 Å². The molecule has 15 heavy (non-hydrogen) atoms. The Kier molecular flexibility index (Phi) is 5.32. The van der Waals surface area contributed by atoms with Crippen molar-refractivity contribution in [3.8, 4) is 0 Å². The molecule has 0 amide bonds. The number of aliphatic hydroxyl groups is 1. The summed E-state index contributed by atoms with van der Waals surface area (Å²) in [6.07, 6.45) is 3.23. The zero-order valence-electron chi connectivity index (χ0n) is 8.73. The minimum atomic E-state index is -3.17. The lowest BCUT2D eigenvalue weighted by molar-refractivity contribution is 0.264. The van der Waals surface area contributed by atoms with Crippen molar-refractivity contribution in [3.05, 3.63) is 0 Å². The lowest BCUT2D eigenvalue weighted by Gasteiger charge is -2.23. The average Bonchev–Trinajstić information content (AvgIpc) is 2.63. The van der Waals surface area contributed by atoms with Crippen LogP contribution in [0.5, 0.6) is 0 Å². The van der Waals surface area contributed by atoms with Gasteiger partial charge in [-0.3, -0.25) is 0 Å². The summed E-state index contributed by atoms with van der Waals surface area (Å²) in [6, 6.07) is 0.0744. The Morgan fingerprint density at radius 1 is 1.47 bits per heavy atom. The summed E-state index contributed by atoms with van der Waals surface area (Å²) < 4.78 is 25.1. The standard InChI is InChI=1S/C9H18ClNO3S/c10-5-8-15(13,14)11-6-1-3-9(11)4-2-7-12/h9,12H,1-8H2. The summed E-state index contributed by atoms with van der Waals surface area (Å²) >= 11 is 5.47. The Morgan fingerprint density at radius 2 is 2.20 bits per heavy atom. The van der Waals surface area contributed by atoms with Crippen molar-refractivity contribution < 1.29 is 13.5 Å². The highest BCUT2D eigenvalue weighted by Gasteiger charge is 2.32. The maximum atomic E-state index is 11.8. The van der Waals surface area contributed by atoms with Crippen LogP contribution in [-0.4, -0.2) is 48.7 Å². The molecule has 1 atom stereocenters. The number of sulfonamides is 1. The van der Waals surface area contributed by atoms with E-state index in [4.69, 9.17) is 16.7 Å². The number of nitrogens with zero attached hydrogens (tertiary/aromatic N) is 1. The van der Waals surface area contributed by atoms with Gasteiger partial charge in [0.2, 0.25) is 10.0 Å². The third-order valence-corrected chi connectivity index (χ3v) is 5.04. The van der Waals surface area contributed by atoms with Gasteiger partial charge in [0.15, 0.2) is 0 Å². The van der Waals surface area contributed by atoms with Crippen LogP contribution in [0.4, 0.5) is 0 Å². The largest absolute Gasteiger partial charge is 0.396 e. The lowest BCUT2D eigenvalue weighted by Crippen LogP contribution is -2.37. The molecule has 0 aromatic heterocycles. The summed E-state index contributed by atoms with van der Waals surface area (Å²) in [6.45, 7) is 0.731. The molecule has 1 N–H and O–H groups in total. The van der Waals surface area contributed by atoms with Gasteiger partial charge < -0.3 is 5.11 Å². The minimum Gasteiger partial charge on any atom is -0.396 e. The topological polar surface area (TPSA) is 57.6 Å². The van der Waals surface area contributed by atoms with E-state index < -0.39 is 10.0 Å². The molecule has 1 aliphatic heterocycles. The van der Waals surface area contributed by atoms with E-state index in [2.05, 4.69) is 0 Å². The fraction of sp³-hybridized carbons (Fsp3) is 1.00. The van der Waals surface area contributed by atoms with Gasteiger partial charge in [-0.2, -0.15) is 4.31 Å². The smallest absolute Gasteiger partial charge is 0.215 e. The van der Waals surface area contributed by atoms with E-state index in [0.29, 0.717) is 13.0 Å². The molecule has 1 heterocycles. The quantitative estimate of drug-likeness (QED) is 0.714. The summed E-state index contributed by atoms with van der Waals surface area (Å²) in [5.74, 6) is 0.162. The molecule has 0 radical (unpaired) electrons. The number of rotatable bonds is 6. The molecule has 1 saturated heterocycles. The third kappa shape index (κ3) is 3.59. The van der Waals surface area contributed by atoms with E-state index in [9.17, 15) is 8.42 Å². The number of hydrogen-bond donors (Lipinski definition) is 1. The molecule has 0 bridgehead atoms. The van der Waals surface area contributed by atoms with E-state index >= 15 is 0 Å². The van der Waals surface area contributed by atoms with Crippen LogP contribution in [0, 0.1) is 0 Å². The molecule has 90 valence electrons. The summed E-state index contributed by atoms with van der Waals surface area (Å²) in [5, 5.41) is 8.73. The molecule has 1 unspecified atom stereocenters. The van der Waals surface area contributed by atoms with Crippen LogP contribution in [0.3, 0.4) is 0 Å². The Bertz CT molecular complexity index is 281. The molecule has 1 fully saturated rings. The van der Waals surface area contributed by atoms with Gasteiger partial charge in [-0.25, -0.2) is 8.42 Å². The Hall–Kier alpha value is 0.160. The summed E-state index contributed by atoms with van der Waals surface area (Å²) in [5.41, 5.74) is 0. The van der Waals surface area contributed by atoms with E-state index in [1.807, 2.05) is 0 Å². The second-order valence-electron chi connectivity index (χ2n) is 3.78. The average molecular weight is 256 g/mol. The van der Waals surface area contributed by atoms with Crippen LogP contribution in [-0.2, 0) is 10.0 Å². The molecule has 0 aromatic rings. The van der Waals surface area contributed by atoms with E-state index in [-0.39, 0.29) is 24.3 Å². The van der Waals surface area contributed by atoms with Gasteiger partial charge in [0.1, 0.15) is 0 Å². The van der Waals surface area contributed by atoms with Gasteiger partial charge in [0.05, 0.1) is 5.75 Å². The fourth-order valence-electron chi connectivity index (χ4n) is 2.01. The number of halogens is 1. The predicted octanol–water partition coefficient (Wildman–Crippen LogP) is 0.792. The SMILES string of the molecule is O=S(=O)(CCCl)N1CCCC1CCCO. The summed E-state index contributed by atoms with van der Waals surface area (Å²) in [4.78, 5) is 0. The zero-order chi connectivity index (χ0) is 11.3.